The van der Waals surface area contributed by atoms with Crippen molar-refractivity contribution in [1.82, 2.24) is 4.90 Å². The average Bonchev–Trinajstić information content (AvgIpc) is 2.57. The number of Topliss-reactive ketones (excluding diaryl/α,β-unsaturated/α-hetero) is 3. The van der Waals surface area contributed by atoms with Crippen molar-refractivity contribution in [2.45, 2.75) is 59.4 Å². The Bertz CT molecular complexity index is 763. The lowest BCUT2D eigenvalue weighted by atomic mass is 9.77. The van der Waals surface area contributed by atoms with E-state index < -0.39 is 5.92 Å². The molecule has 0 radical (unpaired) electrons. The lowest BCUT2D eigenvalue weighted by Gasteiger charge is -2.39. The second kappa shape index (κ2) is 7.52. The van der Waals surface area contributed by atoms with Crippen LogP contribution in [0.5, 0.6) is 0 Å². The number of ketones is 3. The summed E-state index contributed by atoms with van der Waals surface area (Å²) in [5, 5.41) is 0. The quantitative estimate of drug-likeness (QED) is 0.579. The minimum atomic E-state index is -0.857. The molecule has 1 amide bonds. The molecule has 5 heteroatoms. The summed E-state index contributed by atoms with van der Waals surface area (Å²) in [6, 6.07) is 5.47. The van der Waals surface area contributed by atoms with E-state index in [2.05, 4.69) is 0 Å². The summed E-state index contributed by atoms with van der Waals surface area (Å²) in [6.07, 6.45) is 0.163. The second-order valence-electron chi connectivity index (χ2n) is 7.74. The molecule has 0 saturated carbocycles. The monoisotopic (exact) mass is 357 g/mol. The fraction of sp³-hybridized carbons (Fsp3) is 0.524. The molecule has 0 saturated heterocycles. The number of fused-ring (bicyclic) bond motifs is 1. The second-order valence-corrected chi connectivity index (χ2v) is 7.74. The smallest absolute Gasteiger partial charge is 0.219 e. The van der Waals surface area contributed by atoms with Crippen LogP contribution in [0.4, 0.5) is 0 Å². The summed E-state index contributed by atoms with van der Waals surface area (Å²) in [5.74, 6) is -1.47. The SMILES string of the molecule is CCC(=O)C(CC(=O)c1ccc2c(c1)C(C)(C)CN(C(C)=O)C2)C(C)=O. The number of nitrogens with zero attached hydrogens (tertiary/aromatic N) is 1. The predicted molar refractivity (Wildman–Crippen MR) is 99.0 cm³/mol. The van der Waals surface area contributed by atoms with Gasteiger partial charge < -0.3 is 4.90 Å². The van der Waals surface area contributed by atoms with Crippen LogP contribution >= 0.6 is 0 Å². The molecule has 0 bridgehead atoms. The summed E-state index contributed by atoms with van der Waals surface area (Å²) >= 11 is 0. The van der Waals surface area contributed by atoms with Crippen LogP contribution in [0.15, 0.2) is 18.2 Å². The Kier molecular flexibility index (Phi) is 5.79. The fourth-order valence-corrected chi connectivity index (χ4v) is 3.60. The average molecular weight is 357 g/mol. The van der Waals surface area contributed by atoms with E-state index in [1.165, 1.54) is 6.92 Å². The Morgan fingerprint density at radius 2 is 1.81 bits per heavy atom. The summed E-state index contributed by atoms with van der Waals surface area (Å²) in [7, 11) is 0. The van der Waals surface area contributed by atoms with E-state index >= 15 is 0 Å². The van der Waals surface area contributed by atoms with Gasteiger partial charge in [-0.1, -0.05) is 32.9 Å². The lowest BCUT2D eigenvalue weighted by molar-refractivity contribution is -0.132. The van der Waals surface area contributed by atoms with E-state index in [0.717, 1.165) is 11.1 Å². The van der Waals surface area contributed by atoms with Crippen LogP contribution in [-0.2, 0) is 26.3 Å². The van der Waals surface area contributed by atoms with Gasteiger partial charge in [0.1, 0.15) is 11.6 Å². The van der Waals surface area contributed by atoms with Crippen molar-refractivity contribution < 1.29 is 19.2 Å². The van der Waals surface area contributed by atoms with Gasteiger partial charge in [0.15, 0.2) is 5.78 Å². The third-order valence-corrected chi connectivity index (χ3v) is 5.17. The van der Waals surface area contributed by atoms with Gasteiger partial charge in [-0.05, 0) is 24.1 Å². The van der Waals surface area contributed by atoms with Gasteiger partial charge in [0.05, 0.1) is 5.92 Å². The summed E-state index contributed by atoms with van der Waals surface area (Å²) < 4.78 is 0. The van der Waals surface area contributed by atoms with Gasteiger partial charge in [-0.3, -0.25) is 19.2 Å². The molecule has 2 rings (SSSR count). The van der Waals surface area contributed by atoms with Gasteiger partial charge in [-0.25, -0.2) is 0 Å². The molecule has 140 valence electrons. The van der Waals surface area contributed by atoms with Crippen molar-refractivity contribution in [3.8, 4) is 0 Å². The number of benzene rings is 1. The molecule has 0 N–H and O–H groups in total. The van der Waals surface area contributed by atoms with Crippen LogP contribution in [0, 0.1) is 5.92 Å². The van der Waals surface area contributed by atoms with Gasteiger partial charge in [0.25, 0.3) is 0 Å². The van der Waals surface area contributed by atoms with E-state index in [1.54, 1.807) is 24.8 Å². The highest BCUT2D eigenvalue weighted by Gasteiger charge is 2.33. The number of carbonyl (C=O) groups excluding carboxylic acids is 4. The minimum absolute atomic E-state index is 0.0336. The molecule has 0 aliphatic carbocycles. The summed E-state index contributed by atoms with van der Waals surface area (Å²) in [5.41, 5.74) is 2.32. The lowest BCUT2D eigenvalue weighted by Crippen LogP contribution is -2.44. The van der Waals surface area contributed by atoms with Crippen LogP contribution in [0.25, 0.3) is 0 Å². The molecule has 1 aromatic rings. The number of amides is 1. The van der Waals surface area contributed by atoms with Crippen molar-refractivity contribution in [2.24, 2.45) is 5.92 Å². The maximum atomic E-state index is 12.7. The molecule has 5 nitrogen and oxygen atoms in total. The third kappa shape index (κ3) is 4.09. The van der Waals surface area contributed by atoms with Gasteiger partial charge in [0, 0.05) is 43.8 Å². The molecule has 1 heterocycles. The molecule has 0 spiro atoms. The van der Waals surface area contributed by atoms with Crippen molar-refractivity contribution >= 4 is 23.3 Å². The standard InChI is InChI=1S/C21H27NO4/c1-6-19(25)17(13(2)23)10-20(26)15-7-8-16-11-22(14(3)24)12-21(4,5)18(16)9-15/h7-9,17H,6,10-12H2,1-5H3. The van der Waals surface area contributed by atoms with Crippen molar-refractivity contribution in [2.75, 3.05) is 6.54 Å². The third-order valence-electron chi connectivity index (χ3n) is 5.17. The first-order valence-electron chi connectivity index (χ1n) is 9.02. The van der Waals surface area contributed by atoms with E-state index in [0.29, 0.717) is 18.7 Å². The highest BCUT2D eigenvalue weighted by Crippen LogP contribution is 2.34. The van der Waals surface area contributed by atoms with Crippen LogP contribution in [0.2, 0.25) is 0 Å². The van der Waals surface area contributed by atoms with Crippen molar-refractivity contribution in [3.63, 3.8) is 0 Å². The molecule has 1 aliphatic rings. The van der Waals surface area contributed by atoms with Crippen LogP contribution in [0.3, 0.4) is 0 Å². The number of rotatable bonds is 6. The number of carbonyl (C=O) groups is 4. The zero-order valence-electron chi connectivity index (χ0n) is 16.2. The zero-order chi connectivity index (χ0) is 19.6. The Hall–Kier alpha value is -2.30. The predicted octanol–water partition coefficient (Wildman–Crippen LogP) is 3.08. The Morgan fingerprint density at radius 1 is 1.15 bits per heavy atom. The fourth-order valence-electron chi connectivity index (χ4n) is 3.60. The molecule has 1 unspecified atom stereocenters. The largest absolute Gasteiger partial charge is 0.338 e. The summed E-state index contributed by atoms with van der Waals surface area (Å²) in [6.45, 7) is 9.85. The molecule has 26 heavy (non-hydrogen) atoms. The molecule has 0 fully saturated rings. The highest BCUT2D eigenvalue weighted by atomic mass is 16.2. The molecular formula is C21H27NO4. The first-order chi connectivity index (χ1) is 12.1. The maximum Gasteiger partial charge on any atom is 0.219 e. The summed E-state index contributed by atoms with van der Waals surface area (Å²) in [4.78, 5) is 49.9. The topological polar surface area (TPSA) is 71.5 Å². The highest BCUT2D eigenvalue weighted by molar-refractivity contribution is 6.07. The van der Waals surface area contributed by atoms with Gasteiger partial charge in [0.2, 0.25) is 5.91 Å². The normalized spacial score (nSPS) is 16.6. The van der Waals surface area contributed by atoms with Crippen LogP contribution in [-0.4, -0.2) is 34.7 Å². The van der Waals surface area contributed by atoms with E-state index in [9.17, 15) is 19.2 Å². The molecule has 1 atom stereocenters. The van der Waals surface area contributed by atoms with Crippen LogP contribution < -0.4 is 0 Å². The van der Waals surface area contributed by atoms with Crippen LogP contribution in [0.1, 0.15) is 68.9 Å². The van der Waals surface area contributed by atoms with Crippen molar-refractivity contribution in [3.05, 3.63) is 34.9 Å². The molecule has 0 aromatic heterocycles. The first-order valence-corrected chi connectivity index (χ1v) is 9.02. The molecule has 1 aliphatic heterocycles. The maximum absolute atomic E-state index is 12.7. The minimum Gasteiger partial charge on any atom is -0.338 e. The van der Waals surface area contributed by atoms with Gasteiger partial charge in [-0.2, -0.15) is 0 Å². The Balaban J connectivity index is 2.31. The number of hydrogen-bond acceptors (Lipinski definition) is 4. The Labute approximate surface area is 154 Å². The van der Waals surface area contributed by atoms with E-state index in [-0.39, 0.29) is 41.5 Å². The van der Waals surface area contributed by atoms with Gasteiger partial charge >= 0.3 is 0 Å². The van der Waals surface area contributed by atoms with Crippen molar-refractivity contribution in [1.29, 1.82) is 0 Å². The van der Waals surface area contributed by atoms with E-state index in [4.69, 9.17) is 0 Å². The van der Waals surface area contributed by atoms with E-state index in [1.807, 2.05) is 26.0 Å². The Morgan fingerprint density at radius 3 is 2.35 bits per heavy atom. The van der Waals surface area contributed by atoms with Gasteiger partial charge in [-0.15, -0.1) is 0 Å². The first kappa shape index (κ1) is 20.0. The number of hydrogen-bond donors (Lipinski definition) is 0. The molecule has 1 aromatic carbocycles. The molecular weight excluding hydrogens is 330 g/mol. The zero-order valence-corrected chi connectivity index (χ0v) is 16.2.